The van der Waals surface area contributed by atoms with Crippen molar-refractivity contribution in [2.24, 2.45) is 35.7 Å². The molecular weight excluding hydrogens is 1180 g/mol. The van der Waals surface area contributed by atoms with E-state index in [-0.39, 0.29) is 209 Å². The third-order valence-corrected chi connectivity index (χ3v) is 14.3. The van der Waals surface area contributed by atoms with Crippen molar-refractivity contribution in [3.05, 3.63) is 109 Å². The normalized spacial score (nSPS) is 12.4. The fourth-order valence-electron chi connectivity index (χ4n) is 6.67. The number of nitrogens with zero attached hydrogens (tertiary/aromatic N) is 7. The summed E-state index contributed by atoms with van der Waals surface area (Å²) < 4.78 is 174. The molecule has 78 heavy (non-hydrogen) atoms. The van der Waals surface area contributed by atoms with Crippen molar-refractivity contribution in [1.29, 1.82) is 0 Å². The Morgan fingerprint density at radius 3 is 1.59 bits per heavy atom. The van der Waals surface area contributed by atoms with Crippen LogP contribution in [-0.2, 0) is 50.6 Å². The Labute approximate surface area is 554 Å². The fourth-order valence-corrected chi connectivity index (χ4v) is 9.53. The number of ether oxygens (including phenoxy) is 1. The number of nitrogens with one attached hydrogen (secondary N) is 1. The molecule has 0 aliphatic carbocycles. The first-order valence-corrected chi connectivity index (χ1v) is 26.8. The van der Waals surface area contributed by atoms with Crippen LogP contribution in [0, 0.1) is 6.92 Å². The Balaban J connectivity index is 0.00000416. The molecule has 7 rings (SSSR count). The Hall–Kier alpha value is -2.92. The molecule has 7 aromatic rings. The number of fused-ring (bicyclic) bond motifs is 2. The third kappa shape index (κ3) is 17.3. The topological polar surface area (TPSA) is 440 Å². The molecule has 5 radical (unpaired) electrons. The predicted octanol–water partition coefficient (Wildman–Crippen LogP) is 6.95. The molecule has 0 aliphatic rings. The summed E-state index contributed by atoms with van der Waals surface area (Å²) in [5.41, 5.74) is -1.53. The monoisotopic (exact) mass is 1210 g/mol. The second kappa shape index (κ2) is 27.9. The van der Waals surface area contributed by atoms with E-state index in [2.05, 4.69) is 41.0 Å². The molecule has 0 heterocycles. The van der Waals surface area contributed by atoms with Gasteiger partial charge in [-0.3, -0.25) is 22.8 Å². The number of phenolic OH excluding ortho intramolecular Hbond substituents is 2. The van der Waals surface area contributed by atoms with Crippen LogP contribution in [-0.4, -0.2) is 241 Å². The molecular formula is C41H32N8Na5O19S5. The minimum absolute atomic E-state index is 0. The Morgan fingerprint density at radius 2 is 1.03 bits per heavy atom. The summed E-state index contributed by atoms with van der Waals surface area (Å²) in [7, 11) is -23.4. The van der Waals surface area contributed by atoms with Gasteiger partial charge in [-0.15, -0.1) is 15.3 Å². The molecule has 0 amide bonds. The third-order valence-electron chi connectivity index (χ3n) is 10.0. The number of aryl methyl sites for hydroxylation is 1. The zero-order chi connectivity index (χ0) is 53.6. The summed E-state index contributed by atoms with van der Waals surface area (Å²) in [6.07, 6.45) is 0. The number of aliphatic hydroxyl groups is 1. The van der Waals surface area contributed by atoms with Gasteiger partial charge in [0.1, 0.15) is 38.4 Å². The van der Waals surface area contributed by atoms with Crippen molar-refractivity contribution in [1.82, 2.24) is 0 Å². The van der Waals surface area contributed by atoms with Gasteiger partial charge in [-0.2, -0.15) is 62.4 Å². The van der Waals surface area contributed by atoms with E-state index >= 15 is 0 Å². The number of rotatable bonds is 14. The van der Waals surface area contributed by atoms with Crippen LogP contribution in [0.4, 0.5) is 45.5 Å². The number of aliphatic hydroxyl groups excluding tert-OH is 1. The van der Waals surface area contributed by atoms with Crippen LogP contribution in [0.1, 0.15) is 5.56 Å². The maximum absolute atomic E-state index is 12.6. The van der Waals surface area contributed by atoms with Crippen LogP contribution >= 0.6 is 0 Å². The fraction of sp³-hybridized carbons (Fsp3) is 0.0488. The average Bonchev–Trinajstić information content (AvgIpc) is 3.28. The van der Waals surface area contributed by atoms with Gasteiger partial charge in [0.15, 0.2) is 5.75 Å². The molecule has 0 aliphatic heterocycles. The quantitative estimate of drug-likeness (QED) is 0.0175. The van der Waals surface area contributed by atoms with Gasteiger partial charge >= 0.3 is 0 Å². The number of aromatic hydroxyl groups is 2. The zero-order valence-electron chi connectivity index (χ0n) is 41.6. The van der Waals surface area contributed by atoms with E-state index in [9.17, 15) is 75.6 Å². The van der Waals surface area contributed by atoms with Gasteiger partial charge in [-0.25, -0.2) is 0 Å². The standard InChI is InChI=1S/C41H32N8O19S5.5Na/c1-20-11-32(35(68-2)19-31(20)47-48-33-17-27(70(56,57)58)13-22-14-28(71(59,60)61)18-34(50)38(22)33)43-41(52)42-24-5-9-29-21(12-24)15-37(73(65,66)67)39(40(29)51)49-46-30-10-6-25(16-36(30)72(62,63)64)45-44-23-3-7-26(8-4-23)69(53,54)55;;;;;/h3-19,50-51H,1-2H3,(H2,42,43,52)(H,53,54,55)(H,56,57,58)(H,59,60,61)(H,62,63,64)(H,65,66,67);;;;;. The number of benzene rings is 7. The smallest absolute Gasteiger partial charge is 0.296 e. The van der Waals surface area contributed by atoms with Crippen LogP contribution in [0.3, 0.4) is 0 Å². The molecule has 0 spiro atoms. The van der Waals surface area contributed by atoms with E-state index in [4.69, 9.17) is 9.29 Å². The van der Waals surface area contributed by atoms with E-state index in [1.807, 2.05) is 0 Å². The predicted molar refractivity (Wildman–Crippen MR) is 286 cm³/mol. The molecule has 0 atom stereocenters. The molecule has 9 N–H and O–H groups in total. The van der Waals surface area contributed by atoms with Gasteiger partial charge in [0, 0.05) is 171 Å². The molecule has 0 saturated carbocycles. The van der Waals surface area contributed by atoms with Crippen molar-refractivity contribution < 1.29 is 84.9 Å². The largest absolute Gasteiger partial charge is 0.507 e. The van der Waals surface area contributed by atoms with E-state index in [0.717, 1.165) is 54.6 Å². The molecule has 0 unspecified atom stereocenters. The van der Waals surface area contributed by atoms with Crippen LogP contribution in [0.2, 0.25) is 0 Å². The number of methoxy groups -OCH3 is 1. The molecule has 0 aromatic heterocycles. The van der Waals surface area contributed by atoms with Crippen LogP contribution in [0.5, 0.6) is 17.2 Å². The number of aliphatic imine (C=N–C) groups is 1. The molecule has 0 bridgehead atoms. The second-order valence-electron chi connectivity index (χ2n) is 15.0. The zero-order valence-corrected chi connectivity index (χ0v) is 55.6. The molecule has 385 valence electrons. The molecule has 37 heteroatoms. The van der Waals surface area contributed by atoms with Crippen molar-refractivity contribution >= 4 is 271 Å². The van der Waals surface area contributed by atoms with E-state index in [0.29, 0.717) is 11.6 Å². The average molecular weight is 1220 g/mol. The SMILES string of the molecule is COc1cc(N=Nc2cc(S(=O)(=O)O)cc3cc(S(=O)(=O)O)cc(O)c23)c(C)cc1N=C(O)Nc1ccc2c(O)c(N=Nc3ccc(N=Nc4ccc(S(=O)(=O)O)cc4)cc3S(=O)(=O)O)c(S(=O)(=O)O)cc2c1.[Na].[Na].[Na].[Na].[Na]. The number of hydrogen-bond acceptors (Lipinski definition) is 20. The summed E-state index contributed by atoms with van der Waals surface area (Å²) in [6.45, 7) is 1.52. The number of azo groups is 3. The van der Waals surface area contributed by atoms with E-state index in [1.54, 1.807) is 0 Å². The van der Waals surface area contributed by atoms with Crippen molar-refractivity contribution in [3.8, 4) is 17.2 Å². The van der Waals surface area contributed by atoms with Crippen LogP contribution in [0.15, 0.2) is 163 Å². The summed E-state index contributed by atoms with van der Waals surface area (Å²) in [6, 6.07) is 17.1. The Kier molecular flexibility index (Phi) is 25.5. The first kappa shape index (κ1) is 71.2. The maximum Gasteiger partial charge on any atom is 0.296 e. The van der Waals surface area contributed by atoms with Gasteiger partial charge in [-0.05, 0) is 114 Å². The minimum atomic E-state index is -5.23. The summed E-state index contributed by atoms with van der Waals surface area (Å²) in [4.78, 5) is 0.207. The maximum atomic E-state index is 12.6. The van der Waals surface area contributed by atoms with Crippen molar-refractivity contribution in [2.45, 2.75) is 31.4 Å². The first-order chi connectivity index (χ1) is 33.9. The van der Waals surface area contributed by atoms with Crippen molar-refractivity contribution in [2.75, 3.05) is 12.4 Å². The minimum Gasteiger partial charge on any atom is -0.507 e. The number of phenols is 2. The molecule has 27 nitrogen and oxygen atoms in total. The van der Waals surface area contributed by atoms with Crippen molar-refractivity contribution in [3.63, 3.8) is 0 Å². The van der Waals surface area contributed by atoms with Gasteiger partial charge < -0.3 is 25.4 Å². The second-order valence-corrected chi connectivity index (χ2v) is 22.0. The van der Waals surface area contributed by atoms with Gasteiger partial charge in [0.2, 0.25) is 0 Å². The van der Waals surface area contributed by atoms with E-state index < -0.39 is 104 Å². The number of amidine groups is 1. The Bertz CT molecular complexity index is 4190. The summed E-state index contributed by atoms with van der Waals surface area (Å²) >= 11 is 0. The molecule has 0 fully saturated rings. The van der Waals surface area contributed by atoms with Crippen LogP contribution in [0.25, 0.3) is 21.5 Å². The Morgan fingerprint density at radius 1 is 0.487 bits per heavy atom. The van der Waals surface area contributed by atoms with Crippen LogP contribution < -0.4 is 10.1 Å². The first-order valence-electron chi connectivity index (χ1n) is 19.6. The van der Waals surface area contributed by atoms with Gasteiger partial charge in [0.05, 0.1) is 49.9 Å². The number of hydrogen-bond donors (Lipinski definition) is 9. The summed E-state index contributed by atoms with van der Waals surface area (Å²) in [5.74, 6) is -1.65. The number of anilines is 1. The molecule has 7 aromatic carbocycles. The summed E-state index contributed by atoms with van der Waals surface area (Å²) in [5, 5.41) is 57.9. The molecule has 0 saturated heterocycles. The van der Waals surface area contributed by atoms with E-state index in [1.165, 1.54) is 56.5 Å². The van der Waals surface area contributed by atoms with Gasteiger partial charge in [0.25, 0.3) is 56.6 Å². The van der Waals surface area contributed by atoms with Gasteiger partial charge in [-0.1, -0.05) is 0 Å².